The van der Waals surface area contributed by atoms with Crippen molar-refractivity contribution >= 4 is 17.3 Å². The van der Waals surface area contributed by atoms with E-state index in [-0.39, 0.29) is 0 Å². The van der Waals surface area contributed by atoms with Crippen LogP contribution in [0.25, 0.3) is 0 Å². The SMILES string of the molecule is CCCC1CCN(C(=S)NCCCOCC)CC1. The molecule has 106 valence electrons. The number of hydrogen-bond donors (Lipinski definition) is 1. The summed E-state index contributed by atoms with van der Waals surface area (Å²) >= 11 is 5.43. The molecule has 0 aromatic heterocycles. The van der Waals surface area contributed by atoms with Gasteiger partial charge in [-0.05, 0) is 44.3 Å². The van der Waals surface area contributed by atoms with E-state index < -0.39 is 0 Å². The standard InChI is InChI=1S/C14H28N2OS/c1-3-6-13-7-10-16(11-8-13)14(18)15-9-5-12-17-4-2/h13H,3-12H2,1-2H3,(H,15,18). The third-order valence-electron chi connectivity index (χ3n) is 3.54. The van der Waals surface area contributed by atoms with Crippen molar-refractivity contribution in [1.29, 1.82) is 0 Å². The summed E-state index contributed by atoms with van der Waals surface area (Å²) in [7, 11) is 0. The Morgan fingerprint density at radius 2 is 2.06 bits per heavy atom. The predicted molar refractivity (Wildman–Crippen MR) is 80.9 cm³/mol. The van der Waals surface area contributed by atoms with Crippen molar-refractivity contribution < 1.29 is 4.74 Å². The van der Waals surface area contributed by atoms with Gasteiger partial charge in [0.05, 0.1) is 0 Å². The number of likely N-dealkylation sites (tertiary alicyclic amines) is 1. The van der Waals surface area contributed by atoms with Crippen LogP contribution in [-0.4, -0.2) is 42.9 Å². The zero-order chi connectivity index (χ0) is 13.2. The smallest absolute Gasteiger partial charge is 0.168 e. The van der Waals surface area contributed by atoms with E-state index in [9.17, 15) is 0 Å². The van der Waals surface area contributed by atoms with E-state index in [0.29, 0.717) is 0 Å². The molecule has 0 spiro atoms. The second kappa shape index (κ2) is 9.56. The van der Waals surface area contributed by atoms with Crippen LogP contribution in [0.4, 0.5) is 0 Å². The number of nitrogens with one attached hydrogen (secondary N) is 1. The molecule has 0 saturated carbocycles. The van der Waals surface area contributed by atoms with Crippen molar-refractivity contribution in [2.24, 2.45) is 5.92 Å². The van der Waals surface area contributed by atoms with Crippen molar-refractivity contribution in [1.82, 2.24) is 10.2 Å². The molecule has 0 amide bonds. The van der Waals surface area contributed by atoms with E-state index in [4.69, 9.17) is 17.0 Å². The Bertz CT molecular complexity index is 228. The quantitative estimate of drug-likeness (QED) is 0.569. The topological polar surface area (TPSA) is 24.5 Å². The molecule has 0 atom stereocenters. The number of piperidine rings is 1. The van der Waals surface area contributed by atoms with Gasteiger partial charge >= 0.3 is 0 Å². The molecule has 0 aliphatic carbocycles. The minimum absolute atomic E-state index is 0.801. The normalized spacial score (nSPS) is 16.9. The van der Waals surface area contributed by atoms with E-state index in [1.807, 2.05) is 6.92 Å². The maximum Gasteiger partial charge on any atom is 0.168 e. The monoisotopic (exact) mass is 272 g/mol. The number of thiocarbonyl (C=S) groups is 1. The van der Waals surface area contributed by atoms with Crippen LogP contribution < -0.4 is 5.32 Å². The van der Waals surface area contributed by atoms with Crippen LogP contribution in [0.15, 0.2) is 0 Å². The largest absolute Gasteiger partial charge is 0.382 e. The molecule has 0 radical (unpaired) electrons. The molecular weight excluding hydrogens is 244 g/mol. The van der Waals surface area contributed by atoms with Gasteiger partial charge in [0.15, 0.2) is 5.11 Å². The molecule has 1 fully saturated rings. The highest BCUT2D eigenvalue weighted by molar-refractivity contribution is 7.80. The molecule has 4 heteroatoms. The van der Waals surface area contributed by atoms with Crippen LogP contribution in [0.3, 0.4) is 0 Å². The van der Waals surface area contributed by atoms with Crippen LogP contribution in [0.1, 0.15) is 46.0 Å². The van der Waals surface area contributed by atoms with Crippen LogP contribution in [0.5, 0.6) is 0 Å². The first-order chi connectivity index (χ1) is 8.77. The molecule has 0 aromatic carbocycles. The van der Waals surface area contributed by atoms with E-state index in [1.54, 1.807) is 0 Å². The van der Waals surface area contributed by atoms with Gasteiger partial charge in [0, 0.05) is 32.8 Å². The van der Waals surface area contributed by atoms with Gasteiger partial charge < -0.3 is 15.0 Å². The maximum absolute atomic E-state index is 5.43. The molecule has 1 rings (SSSR count). The van der Waals surface area contributed by atoms with Gasteiger partial charge in [-0.2, -0.15) is 0 Å². The fourth-order valence-corrected chi connectivity index (χ4v) is 2.74. The average molecular weight is 272 g/mol. The summed E-state index contributed by atoms with van der Waals surface area (Å²) < 4.78 is 5.30. The van der Waals surface area contributed by atoms with Gasteiger partial charge in [-0.15, -0.1) is 0 Å². The van der Waals surface area contributed by atoms with Gasteiger partial charge in [0.1, 0.15) is 0 Å². The lowest BCUT2D eigenvalue weighted by Gasteiger charge is -2.33. The first-order valence-corrected chi connectivity index (χ1v) is 7.79. The molecule has 1 N–H and O–H groups in total. The summed E-state index contributed by atoms with van der Waals surface area (Å²) in [6.45, 7) is 9.10. The minimum atomic E-state index is 0.801. The third-order valence-corrected chi connectivity index (χ3v) is 3.95. The van der Waals surface area contributed by atoms with Gasteiger partial charge in [-0.3, -0.25) is 0 Å². The second-order valence-corrected chi connectivity index (χ2v) is 5.39. The van der Waals surface area contributed by atoms with E-state index >= 15 is 0 Å². The first-order valence-electron chi connectivity index (χ1n) is 7.38. The van der Waals surface area contributed by atoms with Crippen molar-refractivity contribution in [2.75, 3.05) is 32.8 Å². The zero-order valence-electron chi connectivity index (χ0n) is 11.9. The molecule has 1 aliphatic heterocycles. The fraction of sp³-hybridized carbons (Fsp3) is 0.929. The van der Waals surface area contributed by atoms with E-state index in [1.165, 1.54) is 25.7 Å². The summed E-state index contributed by atoms with van der Waals surface area (Å²) in [6.07, 6.45) is 6.32. The Morgan fingerprint density at radius 1 is 1.33 bits per heavy atom. The molecular formula is C14H28N2OS. The lowest BCUT2D eigenvalue weighted by Crippen LogP contribution is -2.44. The van der Waals surface area contributed by atoms with Crippen LogP contribution in [0.2, 0.25) is 0 Å². The second-order valence-electron chi connectivity index (χ2n) is 5.00. The Kier molecular flexibility index (Phi) is 8.34. The van der Waals surface area contributed by atoms with Gasteiger partial charge in [0.2, 0.25) is 0 Å². The molecule has 18 heavy (non-hydrogen) atoms. The molecule has 0 bridgehead atoms. The first kappa shape index (κ1) is 15.7. The summed E-state index contributed by atoms with van der Waals surface area (Å²) in [6, 6.07) is 0. The fourth-order valence-electron chi connectivity index (χ4n) is 2.46. The highest BCUT2D eigenvalue weighted by Gasteiger charge is 2.19. The Balaban J connectivity index is 2.08. The number of hydrogen-bond acceptors (Lipinski definition) is 2. The summed E-state index contributed by atoms with van der Waals surface area (Å²) in [5, 5.41) is 4.27. The van der Waals surface area contributed by atoms with Crippen molar-refractivity contribution in [2.45, 2.75) is 46.0 Å². The molecule has 1 heterocycles. The molecule has 1 saturated heterocycles. The number of rotatable bonds is 7. The Hall–Kier alpha value is -0.350. The van der Waals surface area contributed by atoms with Gasteiger partial charge in [-0.25, -0.2) is 0 Å². The van der Waals surface area contributed by atoms with Crippen molar-refractivity contribution in [3.8, 4) is 0 Å². The minimum Gasteiger partial charge on any atom is -0.382 e. The Morgan fingerprint density at radius 3 is 2.67 bits per heavy atom. The highest BCUT2D eigenvalue weighted by Crippen LogP contribution is 2.21. The Labute approximate surface area is 117 Å². The lowest BCUT2D eigenvalue weighted by atomic mass is 9.93. The van der Waals surface area contributed by atoms with Gasteiger partial charge in [0.25, 0.3) is 0 Å². The molecule has 0 aromatic rings. The van der Waals surface area contributed by atoms with Crippen LogP contribution in [-0.2, 0) is 4.74 Å². The lowest BCUT2D eigenvalue weighted by molar-refractivity contribution is 0.145. The van der Waals surface area contributed by atoms with E-state index in [2.05, 4.69) is 17.1 Å². The van der Waals surface area contributed by atoms with Crippen molar-refractivity contribution in [3.63, 3.8) is 0 Å². The zero-order valence-corrected chi connectivity index (χ0v) is 12.7. The summed E-state index contributed by atoms with van der Waals surface area (Å²) in [5.41, 5.74) is 0. The van der Waals surface area contributed by atoms with Crippen LogP contribution >= 0.6 is 12.2 Å². The molecule has 0 unspecified atom stereocenters. The van der Waals surface area contributed by atoms with Crippen molar-refractivity contribution in [3.05, 3.63) is 0 Å². The third kappa shape index (κ3) is 6.01. The van der Waals surface area contributed by atoms with E-state index in [0.717, 1.165) is 50.3 Å². The summed E-state index contributed by atoms with van der Waals surface area (Å²) in [4.78, 5) is 2.32. The number of nitrogens with zero attached hydrogens (tertiary/aromatic N) is 1. The predicted octanol–water partition coefficient (Wildman–Crippen LogP) is 2.80. The summed E-state index contributed by atoms with van der Waals surface area (Å²) in [5.74, 6) is 0.923. The van der Waals surface area contributed by atoms with Crippen LogP contribution in [0, 0.1) is 5.92 Å². The molecule has 3 nitrogen and oxygen atoms in total. The highest BCUT2D eigenvalue weighted by atomic mass is 32.1. The van der Waals surface area contributed by atoms with Gasteiger partial charge in [-0.1, -0.05) is 19.8 Å². The maximum atomic E-state index is 5.43. The average Bonchev–Trinajstić information content (AvgIpc) is 2.39. The number of ether oxygens (including phenoxy) is 1. The molecule has 1 aliphatic rings.